The maximum Gasteiger partial charge on any atom is 0.435 e. The van der Waals surface area contributed by atoms with Crippen molar-refractivity contribution in [3.63, 3.8) is 0 Å². The molecule has 0 spiro atoms. The smallest absolute Gasteiger partial charge is 0.435 e. The maximum absolute atomic E-state index is 12.4. The lowest BCUT2D eigenvalue weighted by atomic mass is 10.2. The summed E-state index contributed by atoms with van der Waals surface area (Å²) in [7, 11) is 1.23. The fraction of sp³-hybridized carbons (Fsp3) is 0.583. The van der Waals surface area contributed by atoms with Gasteiger partial charge in [-0.15, -0.1) is 0 Å². The number of esters is 1. The van der Waals surface area contributed by atoms with Crippen LogP contribution in [-0.4, -0.2) is 46.3 Å². The second-order valence-electron chi connectivity index (χ2n) is 4.66. The van der Waals surface area contributed by atoms with Crippen LogP contribution in [-0.2, 0) is 27.0 Å². The molecule has 2 heterocycles. The van der Waals surface area contributed by atoms with Crippen molar-refractivity contribution in [3.8, 4) is 0 Å². The molecule has 1 aromatic rings. The van der Waals surface area contributed by atoms with E-state index in [0.717, 1.165) is 16.9 Å². The van der Waals surface area contributed by atoms with E-state index in [-0.39, 0.29) is 6.54 Å². The highest BCUT2D eigenvalue weighted by Gasteiger charge is 2.36. The minimum absolute atomic E-state index is 0.344. The fourth-order valence-electron chi connectivity index (χ4n) is 2.28. The molecule has 21 heavy (non-hydrogen) atoms. The second kappa shape index (κ2) is 5.74. The molecule has 1 aliphatic heterocycles. The van der Waals surface area contributed by atoms with Crippen molar-refractivity contribution in [1.29, 1.82) is 0 Å². The van der Waals surface area contributed by atoms with Crippen molar-refractivity contribution in [2.24, 2.45) is 0 Å². The molecule has 9 heteroatoms. The summed E-state index contributed by atoms with van der Waals surface area (Å²) in [5.74, 6) is -0.975. The average molecular weight is 305 g/mol. The molecule has 1 atom stereocenters. The lowest BCUT2D eigenvalue weighted by Gasteiger charge is -2.22. The van der Waals surface area contributed by atoms with Crippen LogP contribution in [0.15, 0.2) is 12.3 Å². The van der Waals surface area contributed by atoms with Crippen molar-refractivity contribution >= 4 is 11.9 Å². The number of carbonyl (C=O) groups excluding carboxylic acids is 2. The Labute approximate surface area is 118 Å². The number of carbonyl (C=O) groups is 2. The number of amides is 1. The first-order chi connectivity index (χ1) is 9.82. The van der Waals surface area contributed by atoms with Crippen LogP contribution in [0.4, 0.5) is 13.2 Å². The Hall–Kier alpha value is -2.06. The van der Waals surface area contributed by atoms with Crippen LogP contribution < -0.4 is 0 Å². The van der Waals surface area contributed by atoms with E-state index >= 15 is 0 Å². The third-order valence-corrected chi connectivity index (χ3v) is 3.27. The van der Waals surface area contributed by atoms with Crippen LogP contribution in [0.25, 0.3) is 0 Å². The van der Waals surface area contributed by atoms with Gasteiger partial charge < -0.3 is 9.64 Å². The van der Waals surface area contributed by atoms with Crippen LogP contribution in [0.2, 0.25) is 0 Å². The normalized spacial score (nSPS) is 18.9. The molecular weight excluding hydrogens is 291 g/mol. The minimum atomic E-state index is -4.55. The first-order valence-electron chi connectivity index (χ1n) is 6.31. The molecular formula is C12H14F3N3O3. The summed E-state index contributed by atoms with van der Waals surface area (Å²) in [4.78, 5) is 24.9. The number of nitrogens with zero attached hydrogens (tertiary/aromatic N) is 3. The van der Waals surface area contributed by atoms with Crippen molar-refractivity contribution < 1.29 is 27.5 Å². The van der Waals surface area contributed by atoms with Gasteiger partial charge in [0, 0.05) is 12.7 Å². The summed E-state index contributed by atoms with van der Waals surface area (Å²) >= 11 is 0. The molecule has 6 nitrogen and oxygen atoms in total. The molecule has 1 amide bonds. The van der Waals surface area contributed by atoms with E-state index in [1.165, 1.54) is 12.0 Å². The van der Waals surface area contributed by atoms with E-state index in [4.69, 9.17) is 0 Å². The van der Waals surface area contributed by atoms with Crippen molar-refractivity contribution in [1.82, 2.24) is 14.7 Å². The standard InChI is InChI=1S/C12H14F3N3O3/c1-21-11(20)8-3-2-5-18(8)10(19)7-17-6-4-9(16-17)12(13,14)15/h4,6,8H,2-3,5,7H2,1H3. The van der Waals surface area contributed by atoms with Gasteiger partial charge in [-0.05, 0) is 18.9 Å². The molecule has 0 saturated carbocycles. The van der Waals surface area contributed by atoms with Crippen molar-refractivity contribution in [3.05, 3.63) is 18.0 Å². The Morgan fingerprint density at radius 1 is 1.48 bits per heavy atom. The maximum atomic E-state index is 12.4. The zero-order valence-corrected chi connectivity index (χ0v) is 11.3. The van der Waals surface area contributed by atoms with E-state index in [1.54, 1.807) is 0 Å². The van der Waals surface area contributed by atoms with Crippen LogP contribution in [0.1, 0.15) is 18.5 Å². The number of hydrogen-bond acceptors (Lipinski definition) is 4. The molecule has 1 aromatic heterocycles. The lowest BCUT2D eigenvalue weighted by molar-refractivity contribution is -0.151. The number of hydrogen-bond donors (Lipinski definition) is 0. The Morgan fingerprint density at radius 3 is 2.76 bits per heavy atom. The van der Waals surface area contributed by atoms with Gasteiger partial charge in [0.2, 0.25) is 5.91 Å². The van der Waals surface area contributed by atoms with E-state index in [9.17, 15) is 22.8 Å². The number of likely N-dealkylation sites (tertiary alicyclic amines) is 1. The predicted molar refractivity (Wildman–Crippen MR) is 64.0 cm³/mol. The van der Waals surface area contributed by atoms with Crippen LogP contribution in [0.3, 0.4) is 0 Å². The zero-order valence-electron chi connectivity index (χ0n) is 11.3. The first-order valence-corrected chi connectivity index (χ1v) is 6.31. The van der Waals surface area contributed by atoms with Crippen LogP contribution in [0.5, 0.6) is 0 Å². The molecule has 1 saturated heterocycles. The lowest BCUT2D eigenvalue weighted by Crippen LogP contribution is -2.42. The van der Waals surface area contributed by atoms with Crippen LogP contribution >= 0.6 is 0 Å². The third-order valence-electron chi connectivity index (χ3n) is 3.27. The summed E-state index contributed by atoms with van der Waals surface area (Å²) in [5, 5.41) is 3.31. The van der Waals surface area contributed by atoms with Gasteiger partial charge in [-0.3, -0.25) is 9.48 Å². The van der Waals surface area contributed by atoms with E-state index in [1.807, 2.05) is 0 Å². The Bertz CT molecular complexity index is 541. The molecule has 2 rings (SSSR count). The quantitative estimate of drug-likeness (QED) is 0.784. The van der Waals surface area contributed by atoms with Crippen LogP contribution in [0, 0.1) is 0 Å². The number of alkyl halides is 3. The Morgan fingerprint density at radius 2 is 2.19 bits per heavy atom. The number of rotatable bonds is 3. The third kappa shape index (κ3) is 3.34. The van der Waals surface area contributed by atoms with Gasteiger partial charge in [0.15, 0.2) is 5.69 Å². The number of aromatic nitrogens is 2. The number of halogens is 3. The molecule has 116 valence electrons. The van der Waals surface area contributed by atoms with Crippen molar-refractivity contribution in [2.45, 2.75) is 31.6 Å². The average Bonchev–Trinajstić information content (AvgIpc) is 3.05. The van der Waals surface area contributed by atoms with Crippen molar-refractivity contribution in [2.75, 3.05) is 13.7 Å². The summed E-state index contributed by atoms with van der Waals surface area (Å²) in [6.45, 7) is 0.0373. The minimum Gasteiger partial charge on any atom is -0.467 e. The SMILES string of the molecule is COC(=O)C1CCCN1C(=O)Cn1ccc(C(F)(F)F)n1. The van der Waals surface area contributed by atoms with Gasteiger partial charge in [0.25, 0.3) is 0 Å². The summed E-state index contributed by atoms with van der Waals surface area (Å²) in [5.41, 5.74) is -1.05. The largest absolute Gasteiger partial charge is 0.467 e. The molecule has 0 bridgehead atoms. The monoisotopic (exact) mass is 305 g/mol. The number of ether oxygens (including phenoxy) is 1. The van der Waals surface area contributed by atoms with Gasteiger partial charge in [-0.1, -0.05) is 0 Å². The highest BCUT2D eigenvalue weighted by Crippen LogP contribution is 2.27. The first kappa shape index (κ1) is 15.3. The van der Waals surface area contributed by atoms with E-state index < -0.39 is 29.8 Å². The molecule has 0 aliphatic carbocycles. The summed E-state index contributed by atoms with van der Waals surface area (Å²) in [6, 6.07) is 0.134. The summed E-state index contributed by atoms with van der Waals surface area (Å²) in [6.07, 6.45) is -2.32. The van der Waals surface area contributed by atoms with Gasteiger partial charge in [-0.25, -0.2) is 4.79 Å². The molecule has 1 aliphatic rings. The zero-order chi connectivity index (χ0) is 15.6. The van der Waals surface area contributed by atoms with E-state index in [2.05, 4.69) is 9.84 Å². The predicted octanol–water partition coefficient (Wildman–Crippen LogP) is 1.07. The fourth-order valence-corrected chi connectivity index (χ4v) is 2.28. The molecule has 0 radical (unpaired) electrons. The Kier molecular flexibility index (Phi) is 4.19. The highest BCUT2D eigenvalue weighted by molar-refractivity contribution is 5.85. The van der Waals surface area contributed by atoms with Gasteiger partial charge in [-0.2, -0.15) is 18.3 Å². The number of methoxy groups -OCH3 is 1. The van der Waals surface area contributed by atoms with E-state index in [0.29, 0.717) is 19.4 Å². The van der Waals surface area contributed by atoms with Gasteiger partial charge in [0.1, 0.15) is 12.6 Å². The van der Waals surface area contributed by atoms with Gasteiger partial charge >= 0.3 is 12.1 Å². The second-order valence-corrected chi connectivity index (χ2v) is 4.66. The topological polar surface area (TPSA) is 64.4 Å². The Balaban J connectivity index is 2.04. The highest BCUT2D eigenvalue weighted by atomic mass is 19.4. The molecule has 1 unspecified atom stereocenters. The molecule has 1 fully saturated rings. The molecule has 0 aromatic carbocycles. The van der Waals surface area contributed by atoms with Gasteiger partial charge in [0.05, 0.1) is 7.11 Å². The molecule has 0 N–H and O–H groups in total. The summed E-state index contributed by atoms with van der Waals surface area (Å²) < 4.78 is 42.8.